The summed E-state index contributed by atoms with van der Waals surface area (Å²) in [4.78, 5) is 6.07. The zero-order valence-corrected chi connectivity index (χ0v) is 13.0. The maximum atomic E-state index is 4.69. The number of nitrogens with zero attached hydrogens (tertiary/aromatic N) is 1. The molecule has 2 rings (SSSR count). The molecule has 0 spiro atoms. The standard InChI is InChI=1S/C14H20N2S2/c1-10(12-6-5-7-17-12)15-8-11-9-18-13(16-11)14(2,3)4/h5-7,9-10,15H,8H2,1-4H3. The Balaban J connectivity index is 1.93. The average molecular weight is 280 g/mol. The summed E-state index contributed by atoms with van der Waals surface area (Å²) in [6.07, 6.45) is 0. The number of rotatable bonds is 4. The Morgan fingerprint density at radius 2 is 2.11 bits per heavy atom. The van der Waals surface area contributed by atoms with Gasteiger partial charge in [0.15, 0.2) is 0 Å². The van der Waals surface area contributed by atoms with Crippen LogP contribution < -0.4 is 5.32 Å². The van der Waals surface area contributed by atoms with Gasteiger partial charge in [0.25, 0.3) is 0 Å². The van der Waals surface area contributed by atoms with Gasteiger partial charge in [0.05, 0.1) is 10.7 Å². The highest BCUT2D eigenvalue weighted by Crippen LogP contribution is 2.26. The van der Waals surface area contributed by atoms with E-state index in [4.69, 9.17) is 4.98 Å². The predicted molar refractivity (Wildman–Crippen MR) is 80.4 cm³/mol. The summed E-state index contributed by atoms with van der Waals surface area (Å²) in [5, 5.41) is 9.01. The van der Waals surface area contributed by atoms with E-state index in [-0.39, 0.29) is 5.41 Å². The lowest BCUT2D eigenvalue weighted by Crippen LogP contribution is -2.18. The quantitative estimate of drug-likeness (QED) is 0.900. The number of nitrogens with one attached hydrogen (secondary N) is 1. The van der Waals surface area contributed by atoms with Crippen molar-refractivity contribution >= 4 is 22.7 Å². The summed E-state index contributed by atoms with van der Waals surface area (Å²) in [5.41, 5.74) is 1.30. The fourth-order valence-corrected chi connectivity index (χ4v) is 3.29. The summed E-state index contributed by atoms with van der Waals surface area (Å²) in [6, 6.07) is 4.66. The fraction of sp³-hybridized carbons (Fsp3) is 0.500. The molecule has 98 valence electrons. The van der Waals surface area contributed by atoms with Crippen molar-refractivity contribution in [3.8, 4) is 0 Å². The second-order valence-electron chi connectivity index (χ2n) is 5.51. The van der Waals surface area contributed by atoms with Crippen LogP contribution in [0.1, 0.15) is 49.3 Å². The monoisotopic (exact) mass is 280 g/mol. The number of thiophene rings is 1. The fourth-order valence-electron chi connectivity index (χ4n) is 1.63. The van der Waals surface area contributed by atoms with Crippen molar-refractivity contribution in [2.24, 2.45) is 0 Å². The van der Waals surface area contributed by atoms with Gasteiger partial charge < -0.3 is 5.32 Å². The Hall–Kier alpha value is -0.710. The molecule has 2 nitrogen and oxygen atoms in total. The van der Waals surface area contributed by atoms with Gasteiger partial charge in [-0.15, -0.1) is 22.7 Å². The highest BCUT2D eigenvalue weighted by atomic mass is 32.1. The Bertz CT molecular complexity index is 480. The zero-order chi connectivity index (χ0) is 13.2. The molecule has 2 aromatic heterocycles. The first-order valence-corrected chi connectivity index (χ1v) is 7.94. The molecule has 2 heterocycles. The van der Waals surface area contributed by atoms with Gasteiger partial charge in [0, 0.05) is 28.3 Å². The Labute approximate surface area is 117 Å². The minimum absolute atomic E-state index is 0.155. The van der Waals surface area contributed by atoms with E-state index in [9.17, 15) is 0 Å². The molecule has 0 saturated heterocycles. The Morgan fingerprint density at radius 3 is 2.67 bits per heavy atom. The summed E-state index contributed by atoms with van der Waals surface area (Å²) >= 11 is 3.55. The van der Waals surface area contributed by atoms with Crippen molar-refractivity contribution < 1.29 is 0 Å². The van der Waals surface area contributed by atoms with Crippen molar-refractivity contribution in [3.63, 3.8) is 0 Å². The first kappa shape index (κ1) is 13.7. The molecular formula is C14H20N2S2. The smallest absolute Gasteiger partial charge is 0.0982 e. The van der Waals surface area contributed by atoms with Gasteiger partial charge in [-0.1, -0.05) is 26.8 Å². The van der Waals surface area contributed by atoms with Gasteiger partial charge in [-0.3, -0.25) is 0 Å². The molecule has 0 radical (unpaired) electrons. The molecule has 0 bridgehead atoms. The van der Waals surface area contributed by atoms with Crippen LogP contribution >= 0.6 is 22.7 Å². The zero-order valence-electron chi connectivity index (χ0n) is 11.4. The normalized spacial score (nSPS) is 13.8. The van der Waals surface area contributed by atoms with Crippen LogP contribution in [-0.2, 0) is 12.0 Å². The second-order valence-corrected chi connectivity index (χ2v) is 7.35. The van der Waals surface area contributed by atoms with Crippen molar-refractivity contribution in [1.29, 1.82) is 0 Å². The van der Waals surface area contributed by atoms with Crippen LogP contribution in [0.4, 0.5) is 0 Å². The minimum atomic E-state index is 0.155. The molecule has 1 N–H and O–H groups in total. The third-order valence-electron chi connectivity index (χ3n) is 2.75. The lowest BCUT2D eigenvalue weighted by Gasteiger charge is -2.14. The van der Waals surface area contributed by atoms with Crippen LogP contribution in [0.2, 0.25) is 0 Å². The SMILES string of the molecule is CC(NCc1csc(C(C)(C)C)n1)c1cccs1. The predicted octanol–water partition coefficient (Wildman–Crippen LogP) is 4.35. The lowest BCUT2D eigenvalue weighted by atomic mass is 9.98. The topological polar surface area (TPSA) is 24.9 Å². The van der Waals surface area contributed by atoms with Crippen molar-refractivity contribution in [2.45, 2.75) is 45.7 Å². The van der Waals surface area contributed by atoms with Crippen LogP contribution in [0, 0.1) is 0 Å². The largest absolute Gasteiger partial charge is 0.304 e. The van der Waals surface area contributed by atoms with Crippen LogP contribution in [0.15, 0.2) is 22.9 Å². The number of thiazole rings is 1. The summed E-state index contributed by atoms with van der Waals surface area (Å²) in [5.74, 6) is 0. The Kier molecular flexibility index (Phi) is 4.20. The maximum absolute atomic E-state index is 4.69. The molecule has 0 amide bonds. The minimum Gasteiger partial charge on any atom is -0.304 e. The van der Waals surface area contributed by atoms with Crippen LogP contribution in [0.3, 0.4) is 0 Å². The molecule has 1 unspecified atom stereocenters. The van der Waals surface area contributed by atoms with Gasteiger partial charge in [-0.05, 0) is 18.4 Å². The second kappa shape index (κ2) is 5.51. The van der Waals surface area contributed by atoms with Gasteiger partial charge in [-0.25, -0.2) is 4.98 Å². The summed E-state index contributed by atoms with van der Waals surface area (Å²) in [7, 11) is 0. The molecule has 1 atom stereocenters. The number of hydrogen-bond donors (Lipinski definition) is 1. The highest BCUT2D eigenvalue weighted by molar-refractivity contribution is 7.10. The van der Waals surface area contributed by atoms with E-state index in [1.165, 1.54) is 9.88 Å². The van der Waals surface area contributed by atoms with Crippen molar-refractivity contribution in [2.75, 3.05) is 0 Å². The van der Waals surface area contributed by atoms with E-state index in [0.29, 0.717) is 6.04 Å². The van der Waals surface area contributed by atoms with E-state index in [1.807, 2.05) is 0 Å². The van der Waals surface area contributed by atoms with Gasteiger partial charge in [0.2, 0.25) is 0 Å². The molecule has 0 aliphatic rings. The van der Waals surface area contributed by atoms with E-state index >= 15 is 0 Å². The molecule has 0 aliphatic heterocycles. The molecular weight excluding hydrogens is 260 g/mol. The Morgan fingerprint density at radius 1 is 1.33 bits per heavy atom. The van der Waals surface area contributed by atoms with E-state index in [2.05, 4.69) is 55.9 Å². The number of aromatic nitrogens is 1. The molecule has 18 heavy (non-hydrogen) atoms. The molecule has 0 saturated carbocycles. The molecule has 0 fully saturated rings. The van der Waals surface area contributed by atoms with E-state index in [0.717, 1.165) is 12.2 Å². The van der Waals surface area contributed by atoms with Crippen molar-refractivity contribution in [3.05, 3.63) is 38.5 Å². The molecule has 0 aliphatic carbocycles. The summed E-state index contributed by atoms with van der Waals surface area (Å²) < 4.78 is 0. The molecule has 4 heteroatoms. The third kappa shape index (κ3) is 3.40. The van der Waals surface area contributed by atoms with Crippen molar-refractivity contribution in [1.82, 2.24) is 10.3 Å². The highest BCUT2D eigenvalue weighted by Gasteiger charge is 2.18. The molecule has 2 aromatic rings. The third-order valence-corrected chi connectivity index (χ3v) is 5.12. The van der Waals surface area contributed by atoms with E-state index in [1.54, 1.807) is 22.7 Å². The maximum Gasteiger partial charge on any atom is 0.0982 e. The summed E-state index contributed by atoms with van der Waals surface area (Å²) in [6.45, 7) is 9.65. The van der Waals surface area contributed by atoms with Gasteiger partial charge in [0.1, 0.15) is 0 Å². The lowest BCUT2D eigenvalue weighted by molar-refractivity contribution is 0.561. The van der Waals surface area contributed by atoms with Crippen LogP contribution in [0.5, 0.6) is 0 Å². The average Bonchev–Trinajstić information content (AvgIpc) is 2.96. The van der Waals surface area contributed by atoms with Gasteiger partial charge in [-0.2, -0.15) is 0 Å². The molecule has 0 aromatic carbocycles. The first-order chi connectivity index (χ1) is 8.47. The number of hydrogen-bond acceptors (Lipinski definition) is 4. The van der Waals surface area contributed by atoms with Crippen LogP contribution in [-0.4, -0.2) is 4.98 Å². The van der Waals surface area contributed by atoms with Gasteiger partial charge >= 0.3 is 0 Å². The van der Waals surface area contributed by atoms with Crippen LogP contribution in [0.25, 0.3) is 0 Å². The first-order valence-electron chi connectivity index (χ1n) is 6.18. The van der Waals surface area contributed by atoms with E-state index < -0.39 is 0 Å².